The van der Waals surface area contributed by atoms with Crippen LogP contribution in [0.15, 0.2) is 42.7 Å². The lowest BCUT2D eigenvalue weighted by Crippen LogP contribution is -2.47. The Morgan fingerprint density at radius 3 is 2.76 bits per heavy atom. The van der Waals surface area contributed by atoms with Crippen LogP contribution in [0.3, 0.4) is 0 Å². The number of likely N-dealkylation sites (tertiary alicyclic amines) is 1. The summed E-state index contributed by atoms with van der Waals surface area (Å²) in [6, 6.07) is 12.0. The van der Waals surface area contributed by atoms with Crippen molar-refractivity contribution in [2.45, 2.75) is 49.7 Å². The van der Waals surface area contributed by atoms with E-state index < -0.39 is 11.0 Å². The van der Waals surface area contributed by atoms with Crippen LogP contribution < -0.4 is 10.1 Å². The SMILES string of the molecule is C[C@]1(O)C[C@@H](n2cnc3cc(OCCN4CCC5(CC4)C(=O)Nc4ccc(Cl)cc45)ccc32)C1. The summed E-state index contributed by atoms with van der Waals surface area (Å²) < 4.78 is 8.20. The molecule has 1 spiro atoms. The summed E-state index contributed by atoms with van der Waals surface area (Å²) in [5.41, 5.74) is 2.90. The third-order valence-electron chi connectivity index (χ3n) is 7.86. The number of aromatic nitrogens is 2. The van der Waals surface area contributed by atoms with Crippen molar-refractivity contribution in [3.05, 3.63) is 53.3 Å². The van der Waals surface area contributed by atoms with E-state index in [2.05, 4.69) is 25.8 Å². The van der Waals surface area contributed by atoms with E-state index in [1.54, 1.807) is 0 Å². The molecule has 2 aliphatic heterocycles. The molecule has 1 saturated carbocycles. The van der Waals surface area contributed by atoms with Crippen LogP contribution in [0, 0.1) is 0 Å². The molecule has 0 unspecified atom stereocenters. The van der Waals surface area contributed by atoms with Gasteiger partial charge < -0.3 is 19.7 Å². The van der Waals surface area contributed by atoms with Gasteiger partial charge in [0.2, 0.25) is 5.91 Å². The summed E-state index contributed by atoms with van der Waals surface area (Å²) in [6.07, 6.45) is 4.94. The molecule has 2 N–H and O–H groups in total. The maximum atomic E-state index is 12.8. The molecule has 0 radical (unpaired) electrons. The molecular formula is C26H29ClN4O3. The van der Waals surface area contributed by atoms with Crippen LogP contribution in [0.25, 0.3) is 11.0 Å². The Kier molecular flexibility index (Phi) is 5.13. The quantitative estimate of drug-likeness (QED) is 0.573. The number of hydrogen-bond donors (Lipinski definition) is 2. The largest absolute Gasteiger partial charge is 0.492 e. The number of anilines is 1. The predicted molar refractivity (Wildman–Crippen MR) is 132 cm³/mol. The highest BCUT2D eigenvalue weighted by molar-refractivity contribution is 6.31. The van der Waals surface area contributed by atoms with Gasteiger partial charge in [0.1, 0.15) is 12.4 Å². The summed E-state index contributed by atoms with van der Waals surface area (Å²) >= 11 is 6.22. The van der Waals surface area contributed by atoms with Gasteiger partial charge in [-0.2, -0.15) is 0 Å². The van der Waals surface area contributed by atoms with Gasteiger partial charge in [0.15, 0.2) is 0 Å². The molecule has 1 saturated heterocycles. The van der Waals surface area contributed by atoms with E-state index in [4.69, 9.17) is 16.3 Å². The monoisotopic (exact) mass is 480 g/mol. The Labute approximate surface area is 203 Å². The van der Waals surface area contributed by atoms with Crippen molar-refractivity contribution in [3.63, 3.8) is 0 Å². The molecule has 6 rings (SSSR count). The first kappa shape index (κ1) is 21.9. The van der Waals surface area contributed by atoms with Crippen molar-refractivity contribution in [2.75, 3.05) is 31.6 Å². The van der Waals surface area contributed by atoms with E-state index in [1.165, 1.54) is 0 Å². The highest BCUT2D eigenvalue weighted by atomic mass is 35.5. The van der Waals surface area contributed by atoms with Crippen LogP contribution in [0.4, 0.5) is 5.69 Å². The zero-order valence-electron chi connectivity index (χ0n) is 19.3. The maximum absolute atomic E-state index is 12.8. The molecule has 178 valence electrons. The Morgan fingerprint density at radius 1 is 1.21 bits per heavy atom. The highest BCUT2D eigenvalue weighted by Crippen LogP contribution is 2.46. The number of carbonyl (C=O) groups is 1. The van der Waals surface area contributed by atoms with E-state index in [0.29, 0.717) is 17.7 Å². The number of rotatable bonds is 5. The van der Waals surface area contributed by atoms with Gasteiger partial charge in [0.25, 0.3) is 0 Å². The molecule has 3 heterocycles. The van der Waals surface area contributed by atoms with E-state index in [0.717, 1.165) is 73.4 Å². The zero-order valence-corrected chi connectivity index (χ0v) is 20.0. The second-order valence-electron chi connectivity index (χ2n) is 10.3. The minimum atomic E-state index is -0.559. The zero-order chi connectivity index (χ0) is 23.5. The number of carbonyl (C=O) groups excluding carboxylic acids is 1. The fourth-order valence-corrected chi connectivity index (χ4v) is 6.05. The second-order valence-corrected chi connectivity index (χ2v) is 10.7. The number of halogens is 1. The molecular weight excluding hydrogens is 452 g/mol. The maximum Gasteiger partial charge on any atom is 0.235 e. The Balaban J connectivity index is 1.04. The number of imidazole rings is 1. The molecule has 8 heteroatoms. The van der Waals surface area contributed by atoms with E-state index >= 15 is 0 Å². The van der Waals surface area contributed by atoms with Gasteiger partial charge >= 0.3 is 0 Å². The number of fused-ring (bicyclic) bond motifs is 3. The van der Waals surface area contributed by atoms with Crippen molar-refractivity contribution in [2.24, 2.45) is 0 Å². The predicted octanol–water partition coefficient (Wildman–Crippen LogP) is 4.14. The van der Waals surface area contributed by atoms with Crippen molar-refractivity contribution < 1.29 is 14.6 Å². The number of amides is 1. The Hall–Kier alpha value is -2.61. The molecule has 2 fully saturated rings. The van der Waals surface area contributed by atoms with Crippen molar-refractivity contribution in [1.82, 2.24) is 14.5 Å². The molecule has 34 heavy (non-hydrogen) atoms. The standard InChI is InChI=1S/C26H29ClN4O3/c1-25(33)14-18(15-25)31-16-28-22-13-19(3-5-23(22)31)34-11-10-30-8-6-26(7-9-30)20-12-17(27)2-4-21(20)29-24(26)32/h2-5,12-13,16,18,33H,6-11,14-15H2,1H3,(H,29,32)/t18-,25+. The van der Waals surface area contributed by atoms with E-state index in [-0.39, 0.29) is 5.91 Å². The van der Waals surface area contributed by atoms with Gasteiger partial charge in [0, 0.05) is 29.4 Å². The highest BCUT2D eigenvalue weighted by Gasteiger charge is 2.48. The van der Waals surface area contributed by atoms with Crippen LogP contribution in [-0.2, 0) is 10.2 Å². The Bertz CT molecular complexity index is 1250. The van der Waals surface area contributed by atoms with Crippen LogP contribution in [-0.4, -0.2) is 57.3 Å². The lowest BCUT2D eigenvalue weighted by atomic mass is 9.73. The summed E-state index contributed by atoms with van der Waals surface area (Å²) in [6.45, 7) is 4.96. The molecule has 2 aromatic carbocycles. The van der Waals surface area contributed by atoms with Gasteiger partial charge in [-0.25, -0.2) is 4.98 Å². The fourth-order valence-electron chi connectivity index (χ4n) is 5.88. The average molecular weight is 481 g/mol. The van der Waals surface area contributed by atoms with Crippen molar-refractivity contribution >= 4 is 34.2 Å². The molecule has 1 aliphatic carbocycles. The van der Waals surface area contributed by atoms with Crippen LogP contribution in [0.5, 0.6) is 5.75 Å². The normalized spacial score (nSPS) is 25.9. The van der Waals surface area contributed by atoms with Crippen molar-refractivity contribution in [3.8, 4) is 5.75 Å². The minimum absolute atomic E-state index is 0.0962. The number of nitrogens with one attached hydrogen (secondary N) is 1. The minimum Gasteiger partial charge on any atom is -0.492 e. The summed E-state index contributed by atoms with van der Waals surface area (Å²) in [7, 11) is 0. The first-order valence-electron chi connectivity index (χ1n) is 12.0. The van der Waals surface area contributed by atoms with Gasteiger partial charge in [-0.3, -0.25) is 9.69 Å². The third kappa shape index (κ3) is 3.67. The topological polar surface area (TPSA) is 79.6 Å². The average Bonchev–Trinajstić information content (AvgIpc) is 3.32. The number of aliphatic hydroxyl groups is 1. The smallest absolute Gasteiger partial charge is 0.235 e. The second kappa shape index (κ2) is 7.97. The third-order valence-corrected chi connectivity index (χ3v) is 8.09. The van der Waals surface area contributed by atoms with E-state index in [1.807, 2.05) is 43.6 Å². The summed E-state index contributed by atoms with van der Waals surface area (Å²) in [4.78, 5) is 19.7. The summed E-state index contributed by atoms with van der Waals surface area (Å²) in [5, 5.41) is 13.8. The number of benzene rings is 2. The van der Waals surface area contributed by atoms with Gasteiger partial charge in [-0.1, -0.05) is 11.6 Å². The number of ether oxygens (including phenoxy) is 1. The van der Waals surface area contributed by atoms with Gasteiger partial charge in [-0.15, -0.1) is 0 Å². The van der Waals surface area contributed by atoms with Crippen LogP contribution in [0.1, 0.15) is 44.2 Å². The lowest BCUT2D eigenvalue weighted by molar-refractivity contribution is -0.122. The molecule has 7 nitrogen and oxygen atoms in total. The molecule has 1 amide bonds. The first-order valence-corrected chi connectivity index (χ1v) is 12.4. The summed E-state index contributed by atoms with van der Waals surface area (Å²) in [5.74, 6) is 0.907. The fraction of sp³-hybridized carbons (Fsp3) is 0.462. The first-order chi connectivity index (χ1) is 16.3. The lowest BCUT2D eigenvalue weighted by Gasteiger charge is -2.41. The number of piperidine rings is 1. The van der Waals surface area contributed by atoms with Gasteiger partial charge in [0.05, 0.1) is 28.4 Å². The van der Waals surface area contributed by atoms with Crippen LogP contribution in [0.2, 0.25) is 5.02 Å². The van der Waals surface area contributed by atoms with Gasteiger partial charge in [-0.05, 0) is 81.6 Å². The molecule has 1 aromatic heterocycles. The van der Waals surface area contributed by atoms with Crippen molar-refractivity contribution in [1.29, 1.82) is 0 Å². The molecule has 0 atom stereocenters. The van der Waals surface area contributed by atoms with Crippen LogP contribution >= 0.6 is 11.6 Å². The molecule has 0 bridgehead atoms. The Morgan fingerprint density at radius 2 is 2.00 bits per heavy atom. The number of nitrogens with zero attached hydrogens (tertiary/aromatic N) is 3. The molecule has 3 aromatic rings. The van der Waals surface area contributed by atoms with E-state index in [9.17, 15) is 9.90 Å². The number of hydrogen-bond acceptors (Lipinski definition) is 5. The molecule has 3 aliphatic rings.